The van der Waals surface area contributed by atoms with Gasteiger partial charge < -0.3 is 15.0 Å². The molecule has 0 radical (unpaired) electrons. The summed E-state index contributed by atoms with van der Waals surface area (Å²) in [5, 5.41) is 7.56. The summed E-state index contributed by atoms with van der Waals surface area (Å²) in [5.41, 5.74) is 1.70. The van der Waals surface area contributed by atoms with Crippen molar-refractivity contribution < 1.29 is 9.53 Å². The predicted molar refractivity (Wildman–Crippen MR) is 93.1 cm³/mol. The second-order valence-electron chi connectivity index (χ2n) is 7.27. The molecule has 0 bridgehead atoms. The molecule has 1 aromatic rings. The molecule has 0 atom stereocenters. The highest BCUT2D eigenvalue weighted by molar-refractivity contribution is 5.92. The van der Waals surface area contributed by atoms with Gasteiger partial charge in [-0.2, -0.15) is 5.10 Å². The van der Waals surface area contributed by atoms with Crippen LogP contribution in [-0.2, 0) is 11.3 Å². The Labute approximate surface area is 144 Å². The Hall–Kier alpha value is -1.40. The highest BCUT2D eigenvalue weighted by Crippen LogP contribution is 2.32. The summed E-state index contributed by atoms with van der Waals surface area (Å²) in [6.07, 6.45) is 4.65. The Morgan fingerprint density at radius 2 is 2.04 bits per heavy atom. The SMILES string of the molecule is CCn1nc(C)cc1C(=O)NCC1(CN2CCCC2)CCOCC1. The largest absolute Gasteiger partial charge is 0.381 e. The molecule has 24 heavy (non-hydrogen) atoms. The minimum Gasteiger partial charge on any atom is -0.381 e. The van der Waals surface area contributed by atoms with E-state index >= 15 is 0 Å². The molecule has 0 saturated carbocycles. The van der Waals surface area contributed by atoms with E-state index in [1.807, 2.05) is 19.9 Å². The fraction of sp³-hybridized carbons (Fsp3) is 0.778. The summed E-state index contributed by atoms with van der Waals surface area (Å²) in [6.45, 7) is 10.4. The third-order valence-corrected chi connectivity index (χ3v) is 5.37. The molecule has 6 heteroatoms. The van der Waals surface area contributed by atoms with Crippen LogP contribution in [0.3, 0.4) is 0 Å². The molecule has 6 nitrogen and oxygen atoms in total. The van der Waals surface area contributed by atoms with E-state index in [4.69, 9.17) is 4.74 Å². The van der Waals surface area contributed by atoms with Crippen molar-refractivity contribution in [1.29, 1.82) is 0 Å². The molecular weight excluding hydrogens is 304 g/mol. The van der Waals surface area contributed by atoms with E-state index in [9.17, 15) is 4.79 Å². The molecule has 3 heterocycles. The van der Waals surface area contributed by atoms with Crippen molar-refractivity contribution in [2.24, 2.45) is 5.41 Å². The molecule has 1 N–H and O–H groups in total. The number of ether oxygens (including phenoxy) is 1. The number of aryl methyl sites for hydroxylation is 2. The molecule has 0 aliphatic carbocycles. The lowest BCUT2D eigenvalue weighted by Crippen LogP contribution is -2.48. The van der Waals surface area contributed by atoms with Crippen LogP contribution in [0.2, 0.25) is 0 Å². The van der Waals surface area contributed by atoms with Gasteiger partial charge in [-0.15, -0.1) is 0 Å². The minimum absolute atomic E-state index is 0.00950. The molecule has 2 saturated heterocycles. The summed E-state index contributed by atoms with van der Waals surface area (Å²) in [7, 11) is 0. The lowest BCUT2D eigenvalue weighted by molar-refractivity contribution is -0.000679. The van der Waals surface area contributed by atoms with Crippen LogP contribution >= 0.6 is 0 Å². The van der Waals surface area contributed by atoms with Crippen molar-refractivity contribution in [2.45, 2.75) is 46.1 Å². The zero-order valence-corrected chi connectivity index (χ0v) is 15.0. The van der Waals surface area contributed by atoms with Gasteiger partial charge in [0.2, 0.25) is 0 Å². The van der Waals surface area contributed by atoms with E-state index in [0.717, 1.165) is 44.8 Å². The molecule has 1 amide bonds. The average molecular weight is 334 g/mol. The Balaban J connectivity index is 1.65. The zero-order valence-electron chi connectivity index (χ0n) is 15.0. The lowest BCUT2D eigenvalue weighted by Gasteiger charge is -2.40. The first-order valence-electron chi connectivity index (χ1n) is 9.25. The Morgan fingerprint density at radius 3 is 2.71 bits per heavy atom. The van der Waals surface area contributed by atoms with Crippen molar-refractivity contribution in [3.63, 3.8) is 0 Å². The summed E-state index contributed by atoms with van der Waals surface area (Å²) < 4.78 is 7.35. The summed E-state index contributed by atoms with van der Waals surface area (Å²) >= 11 is 0. The van der Waals surface area contributed by atoms with Gasteiger partial charge in [0, 0.05) is 38.3 Å². The Kier molecular flexibility index (Phi) is 5.56. The first-order valence-corrected chi connectivity index (χ1v) is 9.25. The first-order chi connectivity index (χ1) is 11.6. The van der Waals surface area contributed by atoms with Gasteiger partial charge in [0.05, 0.1) is 5.69 Å². The number of nitrogens with one attached hydrogen (secondary N) is 1. The van der Waals surface area contributed by atoms with Gasteiger partial charge in [0.25, 0.3) is 5.91 Å². The van der Waals surface area contributed by atoms with Crippen LogP contribution in [0.4, 0.5) is 0 Å². The van der Waals surface area contributed by atoms with Crippen LogP contribution in [0.1, 0.15) is 48.8 Å². The third kappa shape index (κ3) is 3.98. The number of nitrogens with zero attached hydrogens (tertiary/aromatic N) is 3. The molecule has 2 aliphatic rings. The van der Waals surface area contributed by atoms with Gasteiger partial charge in [0.1, 0.15) is 5.69 Å². The highest BCUT2D eigenvalue weighted by Gasteiger charge is 2.35. The molecule has 0 aromatic carbocycles. The number of amides is 1. The fourth-order valence-corrected chi connectivity index (χ4v) is 3.94. The number of hydrogen-bond acceptors (Lipinski definition) is 4. The number of carbonyl (C=O) groups is 1. The Morgan fingerprint density at radius 1 is 1.33 bits per heavy atom. The fourth-order valence-electron chi connectivity index (χ4n) is 3.94. The third-order valence-electron chi connectivity index (χ3n) is 5.37. The van der Waals surface area contributed by atoms with Gasteiger partial charge in [-0.1, -0.05) is 0 Å². The van der Waals surface area contributed by atoms with Crippen molar-refractivity contribution >= 4 is 5.91 Å². The van der Waals surface area contributed by atoms with Crippen molar-refractivity contribution in [2.75, 3.05) is 39.4 Å². The van der Waals surface area contributed by atoms with Crippen LogP contribution in [0.5, 0.6) is 0 Å². The summed E-state index contributed by atoms with van der Waals surface area (Å²) in [5.74, 6) is -0.00950. The van der Waals surface area contributed by atoms with Crippen molar-refractivity contribution in [3.8, 4) is 0 Å². The van der Waals surface area contributed by atoms with Crippen molar-refractivity contribution in [1.82, 2.24) is 20.0 Å². The second kappa shape index (κ2) is 7.66. The summed E-state index contributed by atoms with van der Waals surface area (Å²) in [4.78, 5) is 15.2. The van der Waals surface area contributed by atoms with Gasteiger partial charge in [-0.05, 0) is 58.7 Å². The van der Waals surface area contributed by atoms with Gasteiger partial charge in [-0.3, -0.25) is 9.48 Å². The quantitative estimate of drug-likeness (QED) is 0.862. The van der Waals surface area contributed by atoms with Crippen LogP contribution in [-0.4, -0.2) is 60.0 Å². The highest BCUT2D eigenvalue weighted by atomic mass is 16.5. The first kappa shape index (κ1) is 17.4. The second-order valence-corrected chi connectivity index (χ2v) is 7.27. The van der Waals surface area contributed by atoms with Gasteiger partial charge in [0.15, 0.2) is 0 Å². The summed E-state index contributed by atoms with van der Waals surface area (Å²) in [6, 6.07) is 1.87. The maximum absolute atomic E-state index is 12.6. The molecule has 2 fully saturated rings. The molecule has 3 rings (SSSR count). The zero-order chi connectivity index (χ0) is 17.0. The monoisotopic (exact) mass is 334 g/mol. The maximum Gasteiger partial charge on any atom is 0.269 e. The van der Waals surface area contributed by atoms with E-state index in [1.165, 1.54) is 25.9 Å². The van der Waals surface area contributed by atoms with Gasteiger partial charge in [-0.25, -0.2) is 0 Å². The van der Waals surface area contributed by atoms with E-state index in [2.05, 4.69) is 15.3 Å². The van der Waals surface area contributed by atoms with E-state index in [-0.39, 0.29) is 11.3 Å². The predicted octanol–water partition coefficient (Wildman–Crippen LogP) is 1.83. The van der Waals surface area contributed by atoms with E-state index in [0.29, 0.717) is 12.2 Å². The maximum atomic E-state index is 12.6. The smallest absolute Gasteiger partial charge is 0.269 e. The van der Waals surface area contributed by atoms with Crippen LogP contribution in [0, 0.1) is 12.3 Å². The van der Waals surface area contributed by atoms with Crippen LogP contribution < -0.4 is 5.32 Å². The minimum atomic E-state index is -0.00950. The topological polar surface area (TPSA) is 59.4 Å². The number of likely N-dealkylation sites (tertiary alicyclic amines) is 1. The lowest BCUT2D eigenvalue weighted by atomic mass is 9.79. The number of rotatable bonds is 6. The number of carbonyl (C=O) groups excluding carboxylic acids is 1. The normalized spacial score (nSPS) is 21.1. The van der Waals surface area contributed by atoms with Gasteiger partial charge >= 0.3 is 0 Å². The molecule has 2 aliphatic heterocycles. The van der Waals surface area contributed by atoms with E-state index < -0.39 is 0 Å². The Bertz CT molecular complexity index is 557. The average Bonchev–Trinajstić information content (AvgIpc) is 3.22. The molecule has 0 spiro atoms. The van der Waals surface area contributed by atoms with Crippen LogP contribution in [0.25, 0.3) is 0 Å². The number of hydrogen-bond donors (Lipinski definition) is 1. The van der Waals surface area contributed by atoms with E-state index in [1.54, 1.807) is 4.68 Å². The standard InChI is InChI=1S/C18H30N4O2/c1-3-22-16(12-15(2)20-22)17(23)19-13-18(6-10-24-11-7-18)14-21-8-4-5-9-21/h12H,3-11,13-14H2,1-2H3,(H,19,23). The number of aromatic nitrogens is 2. The molecule has 0 unspecified atom stereocenters. The molecule has 134 valence electrons. The molecule has 1 aromatic heterocycles. The van der Waals surface area contributed by atoms with Crippen molar-refractivity contribution in [3.05, 3.63) is 17.5 Å². The van der Waals surface area contributed by atoms with Crippen LogP contribution in [0.15, 0.2) is 6.07 Å². The molecular formula is C18H30N4O2.